The molecule has 1 atom stereocenters. The Hall–Kier alpha value is -1.38. The molecule has 0 heterocycles. The van der Waals surface area contributed by atoms with Crippen molar-refractivity contribution in [3.05, 3.63) is 69.5 Å². The van der Waals surface area contributed by atoms with Gasteiger partial charge >= 0.3 is 0 Å². The molecule has 1 N–H and O–H groups in total. The Balaban J connectivity index is 2.53. The van der Waals surface area contributed by atoms with E-state index in [1.807, 2.05) is 45.2 Å². The minimum absolute atomic E-state index is 0.0132. The summed E-state index contributed by atoms with van der Waals surface area (Å²) in [6.07, 6.45) is 0. The molecule has 0 aliphatic carbocycles. The maximum absolute atomic E-state index is 13.2. The third kappa shape index (κ3) is 2.80. The minimum Gasteiger partial charge on any atom is -0.309 e. The first-order valence-electron chi connectivity index (χ1n) is 6.23. The Bertz CT molecular complexity index is 595. The number of hydrogen-bond acceptors (Lipinski definition) is 1. The SMILES string of the molecule is CNC(c1ccc(F)cc1C)c1cccc(Cl)c1C. The van der Waals surface area contributed by atoms with Crippen LogP contribution in [0.2, 0.25) is 5.02 Å². The van der Waals surface area contributed by atoms with Gasteiger partial charge in [0.05, 0.1) is 6.04 Å². The standard InChI is InChI=1S/C16H17ClFN/c1-10-9-12(18)7-8-13(10)16(19-3)14-5-4-6-15(17)11(14)2/h4-9,16,19H,1-3H3. The molecule has 0 saturated carbocycles. The highest BCUT2D eigenvalue weighted by atomic mass is 35.5. The third-order valence-electron chi connectivity index (χ3n) is 3.45. The van der Waals surface area contributed by atoms with Gasteiger partial charge in [0.1, 0.15) is 5.82 Å². The number of rotatable bonds is 3. The first kappa shape index (κ1) is 14.0. The maximum Gasteiger partial charge on any atom is 0.123 e. The van der Waals surface area contributed by atoms with Crippen molar-refractivity contribution < 1.29 is 4.39 Å². The zero-order valence-electron chi connectivity index (χ0n) is 11.3. The van der Waals surface area contributed by atoms with Gasteiger partial charge in [-0.15, -0.1) is 0 Å². The summed E-state index contributed by atoms with van der Waals surface area (Å²) in [4.78, 5) is 0. The summed E-state index contributed by atoms with van der Waals surface area (Å²) in [6, 6.07) is 10.8. The molecule has 2 rings (SSSR count). The monoisotopic (exact) mass is 277 g/mol. The Morgan fingerprint density at radius 2 is 1.84 bits per heavy atom. The van der Waals surface area contributed by atoms with Gasteiger partial charge in [-0.25, -0.2) is 4.39 Å². The van der Waals surface area contributed by atoms with E-state index in [0.29, 0.717) is 0 Å². The molecular weight excluding hydrogens is 261 g/mol. The van der Waals surface area contributed by atoms with E-state index in [2.05, 4.69) is 5.32 Å². The molecule has 0 aliphatic heterocycles. The molecule has 0 aromatic heterocycles. The van der Waals surface area contributed by atoms with Gasteiger partial charge in [-0.1, -0.05) is 29.8 Å². The van der Waals surface area contributed by atoms with Crippen LogP contribution in [0.5, 0.6) is 0 Å². The zero-order chi connectivity index (χ0) is 14.0. The van der Waals surface area contributed by atoms with Gasteiger partial charge in [0, 0.05) is 5.02 Å². The fourth-order valence-electron chi connectivity index (χ4n) is 2.38. The molecule has 2 aromatic rings. The van der Waals surface area contributed by atoms with Crippen LogP contribution in [0.3, 0.4) is 0 Å². The summed E-state index contributed by atoms with van der Waals surface area (Å²) in [5.41, 5.74) is 4.16. The van der Waals surface area contributed by atoms with E-state index in [0.717, 1.165) is 27.3 Å². The van der Waals surface area contributed by atoms with Crippen molar-refractivity contribution in [1.29, 1.82) is 0 Å². The van der Waals surface area contributed by atoms with Crippen molar-refractivity contribution in [2.24, 2.45) is 0 Å². The van der Waals surface area contributed by atoms with Crippen LogP contribution in [-0.4, -0.2) is 7.05 Å². The first-order valence-corrected chi connectivity index (χ1v) is 6.60. The molecule has 19 heavy (non-hydrogen) atoms. The van der Waals surface area contributed by atoms with Gasteiger partial charge in [0.25, 0.3) is 0 Å². The Labute approximate surface area is 118 Å². The fourth-order valence-corrected chi connectivity index (χ4v) is 2.56. The highest BCUT2D eigenvalue weighted by Gasteiger charge is 2.17. The van der Waals surface area contributed by atoms with Crippen molar-refractivity contribution in [2.45, 2.75) is 19.9 Å². The summed E-state index contributed by atoms with van der Waals surface area (Å²) in [5.74, 6) is -0.209. The molecule has 0 radical (unpaired) electrons. The lowest BCUT2D eigenvalue weighted by molar-refractivity contribution is 0.621. The number of aryl methyl sites for hydroxylation is 1. The van der Waals surface area contributed by atoms with Gasteiger partial charge in [0.15, 0.2) is 0 Å². The van der Waals surface area contributed by atoms with Crippen molar-refractivity contribution in [3.8, 4) is 0 Å². The summed E-state index contributed by atoms with van der Waals surface area (Å²) >= 11 is 6.18. The van der Waals surface area contributed by atoms with E-state index in [-0.39, 0.29) is 11.9 Å². The van der Waals surface area contributed by atoms with Crippen LogP contribution in [0, 0.1) is 19.7 Å². The lowest BCUT2D eigenvalue weighted by atomic mass is 9.92. The molecule has 0 aliphatic rings. The third-order valence-corrected chi connectivity index (χ3v) is 3.86. The predicted molar refractivity (Wildman–Crippen MR) is 78.2 cm³/mol. The second-order valence-corrected chi connectivity index (χ2v) is 5.08. The van der Waals surface area contributed by atoms with Crippen LogP contribution in [0.4, 0.5) is 4.39 Å². The van der Waals surface area contributed by atoms with E-state index >= 15 is 0 Å². The van der Waals surface area contributed by atoms with Crippen LogP contribution in [0.15, 0.2) is 36.4 Å². The van der Waals surface area contributed by atoms with Crippen molar-refractivity contribution in [3.63, 3.8) is 0 Å². The van der Waals surface area contributed by atoms with Crippen LogP contribution in [-0.2, 0) is 0 Å². The van der Waals surface area contributed by atoms with Crippen LogP contribution in [0.25, 0.3) is 0 Å². The first-order chi connectivity index (χ1) is 9.04. The Morgan fingerprint density at radius 3 is 2.47 bits per heavy atom. The molecule has 2 aromatic carbocycles. The second kappa shape index (κ2) is 5.72. The molecule has 1 unspecified atom stereocenters. The van der Waals surface area contributed by atoms with E-state index < -0.39 is 0 Å². The number of nitrogens with one attached hydrogen (secondary N) is 1. The highest BCUT2D eigenvalue weighted by molar-refractivity contribution is 6.31. The van der Waals surface area contributed by atoms with Crippen LogP contribution < -0.4 is 5.32 Å². The molecule has 0 amide bonds. The molecular formula is C16H17ClFN. The van der Waals surface area contributed by atoms with Crippen molar-refractivity contribution in [1.82, 2.24) is 5.32 Å². The fraction of sp³-hybridized carbons (Fsp3) is 0.250. The molecule has 0 bridgehead atoms. The van der Waals surface area contributed by atoms with E-state index in [1.165, 1.54) is 6.07 Å². The maximum atomic E-state index is 13.2. The summed E-state index contributed by atoms with van der Waals surface area (Å²) in [6.45, 7) is 3.92. The number of hydrogen-bond donors (Lipinski definition) is 1. The predicted octanol–water partition coefficient (Wildman–Crippen LogP) is 4.40. The van der Waals surface area contributed by atoms with Gasteiger partial charge in [-0.2, -0.15) is 0 Å². The van der Waals surface area contributed by atoms with Crippen LogP contribution in [0.1, 0.15) is 28.3 Å². The number of benzene rings is 2. The minimum atomic E-state index is -0.209. The molecule has 0 saturated heterocycles. The molecule has 3 heteroatoms. The van der Waals surface area contributed by atoms with Gasteiger partial charge in [-0.3, -0.25) is 0 Å². The zero-order valence-corrected chi connectivity index (χ0v) is 12.1. The average Bonchev–Trinajstić information content (AvgIpc) is 2.37. The average molecular weight is 278 g/mol. The Kier molecular flexibility index (Phi) is 4.23. The van der Waals surface area contributed by atoms with E-state index in [4.69, 9.17) is 11.6 Å². The number of halogens is 2. The van der Waals surface area contributed by atoms with Crippen molar-refractivity contribution in [2.75, 3.05) is 7.05 Å². The lowest BCUT2D eigenvalue weighted by Crippen LogP contribution is -2.19. The normalized spacial score (nSPS) is 12.5. The molecule has 100 valence electrons. The molecule has 1 nitrogen and oxygen atoms in total. The highest BCUT2D eigenvalue weighted by Crippen LogP contribution is 2.30. The van der Waals surface area contributed by atoms with Crippen molar-refractivity contribution >= 4 is 11.6 Å². The van der Waals surface area contributed by atoms with Gasteiger partial charge in [-0.05, 0) is 61.3 Å². The summed E-state index contributed by atoms with van der Waals surface area (Å²) in [5, 5.41) is 4.03. The summed E-state index contributed by atoms with van der Waals surface area (Å²) < 4.78 is 13.2. The van der Waals surface area contributed by atoms with Gasteiger partial charge < -0.3 is 5.32 Å². The van der Waals surface area contributed by atoms with Gasteiger partial charge in [0.2, 0.25) is 0 Å². The summed E-state index contributed by atoms with van der Waals surface area (Å²) in [7, 11) is 1.90. The van der Waals surface area contributed by atoms with E-state index in [9.17, 15) is 4.39 Å². The smallest absolute Gasteiger partial charge is 0.123 e. The largest absolute Gasteiger partial charge is 0.309 e. The topological polar surface area (TPSA) is 12.0 Å². The quantitative estimate of drug-likeness (QED) is 0.876. The second-order valence-electron chi connectivity index (χ2n) is 4.68. The molecule has 0 fully saturated rings. The lowest BCUT2D eigenvalue weighted by Gasteiger charge is -2.22. The molecule has 0 spiro atoms. The van der Waals surface area contributed by atoms with E-state index in [1.54, 1.807) is 6.07 Å². The van der Waals surface area contributed by atoms with Crippen LogP contribution >= 0.6 is 11.6 Å². The Morgan fingerprint density at radius 1 is 1.11 bits per heavy atom.